The molecule has 2 amide bonds. The summed E-state index contributed by atoms with van der Waals surface area (Å²) in [6, 6.07) is 6.09. The first-order chi connectivity index (χ1) is 13.3. The van der Waals surface area contributed by atoms with Crippen molar-refractivity contribution in [3.8, 4) is 0 Å². The molecule has 0 aliphatic heterocycles. The van der Waals surface area contributed by atoms with Gasteiger partial charge in [0.15, 0.2) is 0 Å². The molecular formula is C22H30N2O4. The van der Waals surface area contributed by atoms with Gasteiger partial charge in [-0.3, -0.25) is 14.4 Å². The Hall–Kier alpha value is -2.37. The number of carbonyl (C=O) groups excluding carboxylic acids is 2. The van der Waals surface area contributed by atoms with Crippen molar-refractivity contribution in [3.05, 3.63) is 29.3 Å². The third-order valence-electron chi connectivity index (χ3n) is 6.63. The summed E-state index contributed by atoms with van der Waals surface area (Å²) in [5.41, 5.74) is 3.25. The number of anilines is 1. The maximum Gasteiger partial charge on any atom is 0.303 e. The molecule has 3 atom stereocenters. The Morgan fingerprint density at radius 3 is 2.71 bits per heavy atom. The average Bonchev–Trinajstić information content (AvgIpc) is 2.66. The first-order valence-electron chi connectivity index (χ1n) is 10.2. The van der Waals surface area contributed by atoms with E-state index < -0.39 is 5.97 Å². The van der Waals surface area contributed by atoms with E-state index in [1.807, 2.05) is 6.07 Å². The minimum Gasteiger partial charge on any atom is -0.481 e. The van der Waals surface area contributed by atoms with E-state index in [0.29, 0.717) is 12.3 Å². The molecule has 0 heterocycles. The summed E-state index contributed by atoms with van der Waals surface area (Å²) >= 11 is 0. The summed E-state index contributed by atoms with van der Waals surface area (Å²) in [6.07, 6.45) is 5.51. The van der Waals surface area contributed by atoms with Gasteiger partial charge in [0.1, 0.15) is 0 Å². The van der Waals surface area contributed by atoms with Crippen LogP contribution in [-0.4, -0.2) is 29.9 Å². The van der Waals surface area contributed by atoms with E-state index in [1.54, 1.807) is 7.05 Å². The van der Waals surface area contributed by atoms with Crippen LogP contribution in [0.4, 0.5) is 5.69 Å². The lowest BCUT2D eigenvalue weighted by molar-refractivity contribution is -0.137. The van der Waals surface area contributed by atoms with Crippen molar-refractivity contribution in [2.45, 2.75) is 63.7 Å². The molecule has 152 valence electrons. The number of fused-ring (bicyclic) bond motifs is 3. The highest BCUT2D eigenvalue weighted by Crippen LogP contribution is 2.52. The van der Waals surface area contributed by atoms with Crippen LogP contribution in [0, 0.1) is 11.8 Å². The number of amides is 2. The van der Waals surface area contributed by atoms with Gasteiger partial charge in [0, 0.05) is 31.5 Å². The van der Waals surface area contributed by atoms with Gasteiger partial charge in [-0.15, -0.1) is 0 Å². The number of aryl methyl sites for hydroxylation is 1. The second-order valence-electron chi connectivity index (χ2n) is 8.34. The fourth-order valence-corrected chi connectivity index (χ4v) is 5.21. The predicted octanol–water partition coefficient (Wildman–Crippen LogP) is 3.25. The minimum absolute atomic E-state index is 0.00175. The minimum atomic E-state index is -0.886. The lowest BCUT2D eigenvalue weighted by Crippen LogP contribution is -2.48. The van der Waals surface area contributed by atoms with E-state index in [-0.39, 0.29) is 36.0 Å². The van der Waals surface area contributed by atoms with Crippen LogP contribution in [0.2, 0.25) is 0 Å². The number of aliphatic carboxylic acids is 1. The molecule has 0 spiro atoms. The molecule has 28 heavy (non-hydrogen) atoms. The molecule has 2 aliphatic carbocycles. The lowest BCUT2D eigenvalue weighted by atomic mass is 9.54. The summed E-state index contributed by atoms with van der Waals surface area (Å²) in [5, 5.41) is 14.5. The molecule has 1 aromatic rings. The molecule has 3 N–H and O–H groups in total. The third kappa shape index (κ3) is 4.05. The van der Waals surface area contributed by atoms with Gasteiger partial charge in [0.05, 0.1) is 0 Å². The van der Waals surface area contributed by atoms with E-state index in [0.717, 1.165) is 37.8 Å². The fourth-order valence-electron chi connectivity index (χ4n) is 5.21. The van der Waals surface area contributed by atoms with Crippen molar-refractivity contribution in [1.29, 1.82) is 0 Å². The van der Waals surface area contributed by atoms with Crippen LogP contribution in [-0.2, 0) is 26.2 Å². The number of hydrogen-bond donors (Lipinski definition) is 3. The van der Waals surface area contributed by atoms with Crippen molar-refractivity contribution >= 4 is 23.5 Å². The highest BCUT2D eigenvalue weighted by molar-refractivity contribution is 5.91. The highest BCUT2D eigenvalue weighted by Gasteiger charge is 2.48. The Labute approximate surface area is 166 Å². The Bertz CT molecular complexity index is 776. The monoisotopic (exact) mass is 386 g/mol. The first kappa shape index (κ1) is 20.4. The smallest absolute Gasteiger partial charge is 0.303 e. The fraction of sp³-hybridized carbons (Fsp3) is 0.591. The molecule has 0 saturated heterocycles. The van der Waals surface area contributed by atoms with Crippen molar-refractivity contribution in [3.63, 3.8) is 0 Å². The summed E-state index contributed by atoms with van der Waals surface area (Å²) in [5.74, 6) is -0.544. The Morgan fingerprint density at radius 1 is 1.21 bits per heavy atom. The SMILES string of the molecule is CNC(=O)C1CCCC2(C)c3cc(NC(=O)CCCC(=O)O)ccc3CCC12. The van der Waals surface area contributed by atoms with Gasteiger partial charge in [0.2, 0.25) is 11.8 Å². The van der Waals surface area contributed by atoms with Crippen LogP contribution >= 0.6 is 0 Å². The van der Waals surface area contributed by atoms with Crippen LogP contribution in [0.5, 0.6) is 0 Å². The standard InChI is InChI=1S/C22H30N2O4/c1-22-12-4-5-16(21(28)23-2)17(22)11-9-14-8-10-15(13-18(14)22)24-19(25)6-3-7-20(26)27/h8,10,13,16-17H,3-7,9,11-12H2,1-2H3,(H,23,28)(H,24,25)(H,26,27). The molecular weight excluding hydrogens is 356 g/mol. The quantitative estimate of drug-likeness (QED) is 0.699. The normalized spacial score (nSPS) is 25.9. The van der Waals surface area contributed by atoms with Gasteiger partial charge in [-0.1, -0.05) is 19.4 Å². The van der Waals surface area contributed by atoms with Crippen LogP contribution < -0.4 is 10.6 Å². The summed E-state index contributed by atoms with van der Waals surface area (Å²) in [7, 11) is 1.71. The molecule has 0 radical (unpaired) electrons. The number of benzene rings is 1. The zero-order valence-corrected chi connectivity index (χ0v) is 16.7. The third-order valence-corrected chi connectivity index (χ3v) is 6.63. The van der Waals surface area contributed by atoms with Crippen LogP contribution in [0.25, 0.3) is 0 Å². The maximum atomic E-state index is 12.4. The number of carboxylic acid groups (broad SMARTS) is 1. The second kappa shape index (κ2) is 8.33. The zero-order chi connectivity index (χ0) is 20.3. The summed E-state index contributed by atoms with van der Waals surface area (Å²) in [4.78, 5) is 35.2. The number of hydrogen-bond acceptors (Lipinski definition) is 3. The van der Waals surface area contributed by atoms with Crippen molar-refractivity contribution in [2.24, 2.45) is 11.8 Å². The number of carbonyl (C=O) groups is 3. The van der Waals surface area contributed by atoms with Gasteiger partial charge >= 0.3 is 5.97 Å². The Balaban J connectivity index is 1.79. The summed E-state index contributed by atoms with van der Waals surface area (Å²) in [6.45, 7) is 2.27. The Morgan fingerprint density at radius 2 is 2.00 bits per heavy atom. The van der Waals surface area contributed by atoms with Crippen molar-refractivity contribution in [2.75, 3.05) is 12.4 Å². The van der Waals surface area contributed by atoms with E-state index in [4.69, 9.17) is 5.11 Å². The molecule has 6 nitrogen and oxygen atoms in total. The molecule has 1 saturated carbocycles. The second-order valence-corrected chi connectivity index (χ2v) is 8.34. The van der Waals surface area contributed by atoms with Crippen molar-refractivity contribution in [1.82, 2.24) is 5.32 Å². The van der Waals surface area contributed by atoms with E-state index >= 15 is 0 Å². The molecule has 6 heteroatoms. The predicted molar refractivity (Wildman–Crippen MR) is 107 cm³/mol. The molecule has 3 rings (SSSR count). The summed E-state index contributed by atoms with van der Waals surface area (Å²) < 4.78 is 0. The number of rotatable bonds is 6. The molecule has 2 aliphatic rings. The molecule has 0 bridgehead atoms. The van der Waals surface area contributed by atoms with Crippen LogP contribution in [0.15, 0.2) is 18.2 Å². The highest BCUT2D eigenvalue weighted by atomic mass is 16.4. The van der Waals surface area contributed by atoms with Crippen molar-refractivity contribution < 1.29 is 19.5 Å². The lowest BCUT2D eigenvalue weighted by Gasteiger charge is -2.49. The van der Waals surface area contributed by atoms with Gasteiger partial charge < -0.3 is 15.7 Å². The molecule has 1 aromatic carbocycles. The molecule has 1 fully saturated rings. The van der Waals surface area contributed by atoms with E-state index in [2.05, 4.69) is 29.7 Å². The average molecular weight is 386 g/mol. The van der Waals surface area contributed by atoms with Crippen LogP contribution in [0.3, 0.4) is 0 Å². The number of carboxylic acids is 1. The van der Waals surface area contributed by atoms with Gasteiger partial charge in [-0.25, -0.2) is 0 Å². The molecule has 3 unspecified atom stereocenters. The first-order valence-corrected chi connectivity index (χ1v) is 10.2. The van der Waals surface area contributed by atoms with Crippen LogP contribution in [0.1, 0.15) is 63.0 Å². The van der Waals surface area contributed by atoms with Gasteiger partial charge in [-0.05, 0) is 66.7 Å². The van der Waals surface area contributed by atoms with Gasteiger partial charge in [-0.2, -0.15) is 0 Å². The largest absolute Gasteiger partial charge is 0.481 e. The van der Waals surface area contributed by atoms with Gasteiger partial charge in [0.25, 0.3) is 0 Å². The topological polar surface area (TPSA) is 95.5 Å². The number of nitrogens with one attached hydrogen (secondary N) is 2. The molecule has 0 aromatic heterocycles. The van der Waals surface area contributed by atoms with E-state index in [9.17, 15) is 14.4 Å². The Kier molecular flexibility index (Phi) is 6.06. The zero-order valence-electron chi connectivity index (χ0n) is 16.7. The van der Waals surface area contributed by atoms with E-state index in [1.165, 1.54) is 11.1 Å². The maximum absolute atomic E-state index is 12.4.